The lowest BCUT2D eigenvalue weighted by Crippen LogP contribution is -2.41. The standard InChI is InChI=1S/C21H23N3O2.ClH/c22-17-7-3-9-19-16(17)6-4-13-23(19)21(26)12-14-24-18-8-2-1-5-15(18)10-11-20(24)25;/h1-3,5,7-9H,4,6,10-14,22H2;1H. The van der Waals surface area contributed by atoms with E-state index in [1.165, 1.54) is 5.56 Å². The van der Waals surface area contributed by atoms with E-state index < -0.39 is 0 Å². The maximum Gasteiger partial charge on any atom is 0.228 e. The Hall–Kier alpha value is -2.53. The number of benzene rings is 2. The van der Waals surface area contributed by atoms with Gasteiger partial charge in [0, 0.05) is 43.0 Å². The molecule has 2 amide bonds. The van der Waals surface area contributed by atoms with Crippen LogP contribution in [0.25, 0.3) is 0 Å². The molecule has 4 rings (SSSR count). The number of nitrogen functional groups attached to an aromatic ring is 1. The van der Waals surface area contributed by atoms with Crippen molar-refractivity contribution in [2.45, 2.75) is 32.1 Å². The third kappa shape index (κ3) is 3.65. The zero-order valence-corrected chi connectivity index (χ0v) is 16.0. The van der Waals surface area contributed by atoms with Crippen LogP contribution in [0, 0.1) is 0 Å². The average molecular weight is 386 g/mol. The first-order chi connectivity index (χ1) is 12.6. The van der Waals surface area contributed by atoms with E-state index in [1.807, 2.05) is 41.3 Å². The predicted molar refractivity (Wildman–Crippen MR) is 111 cm³/mol. The number of nitrogens with two attached hydrogens (primary N) is 1. The van der Waals surface area contributed by atoms with Crippen molar-refractivity contribution in [3.05, 3.63) is 53.6 Å². The molecule has 0 atom stereocenters. The Bertz CT molecular complexity index is 868. The molecule has 0 unspecified atom stereocenters. The fourth-order valence-corrected chi connectivity index (χ4v) is 3.99. The summed E-state index contributed by atoms with van der Waals surface area (Å²) in [4.78, 5) is 28.8. The summed E-state index contributed by atoms with van der Waals surface area (Å²) < 4.78 is 0. The highest BCUT2D eigenvalue weighted by Crippen LogP contribution is 2.32. The number of rotatable bonds is 3. The molecule has 142 valence electrons. The zero-order chi connectivity index (χ0) is 18.1. The van der Waals surface area contributed by atoms with Gasteiger partial charge in [-0.15, -0.1) is 12.4 Å². The topological polar surface area (TPSA) is 66.6 Å². The maximum atomic E-state index is 12.9. The molecule has 0 aliphatic carbocycles. The van der Waals surface area contributed by atoms with Crippen LogP contribution in [-0.4, -0.2) is 24.9 Å². The molecule has 0 saturated heterocycles. The summed E-state index contributed by atoms with van der Waals surface area (Å²) >= 11 is 0. The molecule has 0 spiro atoms. The van der Waals surface area contributed by atoms with Crippen molar-refractivity contribution in [2.75, 3.05) is 28.6 Å². The highest BCUT2D eigenvalue weighted by atomic mass is 35.5. The van der Waals surface area contributed by atoms with E-state index in [0.717, 1.165) is 41.9 Å². The number of para-hydroxylation sites is 1. The quantitative estimate of drug-likeness (QED) is 0.824. The SMILES string of the molecule is Cl.Nc1cccc2c1CCCN2C(=O)CCN1C(=O)CCc2ccccc21. The third-order valence-corrected chi connectivity index (χ3v) is 5.33. The first-order valence-electron chi connectivity index (χ1n) is 9.21. The zero-order valence-electron chi connectivity index (χ0n) is 15.2. The molecule has 0 fully saturated rings. The maximum absolute atomic E-state index is 12.9. The van der Waals surface area contributed by atoms with Gasteiger partial charge in [-0.3, -0.25) is 9.59 Å². The Morgan fingerprint density at radius 1 is 1.00 bits per heavy atom. The van der Waals surface area contributed by atoms with Crippen LogP contribution in [0.2, 0.25) is 0 Å². The second kappa shape index (κ2) is 8.01. The fourth-order valence-electron chi connectivity index (χ4n) is 3.99. The number of halogens is 1. The minimum atomic E-state index is 0. The Morgan fingerprint density at radius 2 is 1.78 bits per heavy atom. The first-order valence-corrected chi connectivity index (χ1v) is 9.21. The summed E-state index contributed by atoms with van der Waals surface area (Å²) in [5.74, 6) is 0.146. The number of nitrogens with zero attached hydrogens (tertiary/aromatic N) is 2. The van der Waals surface area contributed by atoms with E-state index >= 15 is 0 Å². The highest BCUT2D eigenvalue weighted by Gasteiger charge is 2.27. The molecular weight excluding hydrogens is 362 g/mol. The van der Waals surface area contributed by atoms with Gasteiger partial charge in [0.15, 0.2) is 0 Å². The van der Waals surface area contributed by atoms with Gasteiger partial charge in [-0.2, -0.15) is 0 Å². The van der Waals surface area contributed by atoms with Crippen molar-refractivity contribution in [1.29, 1.82) is 0 Å². The van der Waals surface area contributed by atoms with Crippen molar-refractivity contribution in [3.63, 3.8) is 0 Å². The van der Waals surface area contributed by atoms with Crippen LogP contribution in [0.5, 0.6) is 0 Å². The number of amides is 2. The minimum absolute atomic E-state index is 0. The minimum Gasteiger partial charge on any atom is -0.398 e. The molecule has 2 aromatic carbocycles. The van der Waals surface area contributed by atoms with E-state index in [0.29, 0.717) is 25.9 Å². The molecule has 27 heavy (non-hydrogen) atoms. The van der Waals surface area contributed by atoms with Gasteiger partial charge in [-0.05, 0) is 48.6 Å². The van der Waals surface area contributed by atoms with Crippen LogP contribution in [-0.2, 0) is 22.4 Å². The van der Waals surface area contributed by atoms with Gasteiger partial charge in [0.05, 0.1) is 0 Å². The van der Waals surface area contributed by atoms with Gasteiger partial charge in [-0.25, -0.2) is 0 Å². The lowest BCUT2D eigenvalue weighted by atomic mass is 9.99. The van der Waals surface area contributed by atoms with Crippen molar-refractivity contribution >= 4 is 41.3 Å². The summed E-state index contributed by atoms with van der Waals surface area (Å²) in [5.41, 5.74) is 10.9. The number of hydrogen-bond donors (Lipinski definition) is 1. The van der Waals surface area contributed by atoms with Crippen molar-refractivity contribution in [3.8, 4) is 0 Å². The summed E-state index contributed by atoms with van der Waals surface area (Å²) in [7, 11) is 0. The van der Waals surface area contributed by atoms with Crippen LogP contribution < -0.4 is 15.5 Å². The molecular formula is C21H24ClN3O2. The van der Waals surface area contributed by atoms with E-state index in [2.05, 4.69) is 6.07 Å². The molecule has 0 aromatic heterocycles. The van der Waals surface area contributed by atoms with Gasteiger partial charge < -0.3 is 15.5 Å². The number of anilines is 3. The van der Waals surface area contributed by atoms with Gasteiger partial charge >= 0.3 is 0 Å². The van der Waals surface area contributed by atoms with Crippen LogP contribution >= 0.6 is 12.4 Å². The van der Waals surface area contributed by atoms with E-state index in [-0.39, 0.29) is 24.2 Å². The molecule has 5 nitrogen and oxygen atoms in total. The molecule has 2 heterocycles. The summed E-state index contributed by atoms with van der Waals surface area (Å²) in [6.45, 7) is 1.13. The number of fused-ring (bicyclic) bond motifs is 2. The van der Waals surface area contributed by atoms with E-state index in [4.69, 9.17) is 5.73 Å². The second-order valence-corrected chi connectivity index (χ2v) is 6.92. The predicted octanol–water partition coefficient (Wildman–Crippen LogP) is 3.34. The van der Waals surface area contributed by atoms with Crippen LogP contribution in [0.15, 0.2) is 42.5 Å². The van der Waals surface area contributed by atoms with Crippen molar-refractivity contribution < 1.29 is 9.59 Å². The average Bonchev–Trinajstić information content (AvgIpc) is 2.67. The Kier molecular flexibility index (Phi) is 5.71. The Balaban J connectivity index is 0.00000210. The van der Waals surface area contributed by atoms with E-state index in [1.54, 1.807) is 4.90 Å². The van der Waals surface area contributed by atoms with Gasteiger partial charge in [0.25, 0.3) is 0 Å². The van der Waals surface area contributed by atoms with Crippen LogP contribution in [0.4, 0.5) is 17.1 Å². The van der Waals surface area contributed by atoms with Crippen LogP contribution in [0.3, 0.4) is 0 Å². The summed E-state index contributed by atoms with van der Waals surface area (Å²) in [6, 6.07) is 13.7. The monoisotopic (exact) mass is 385 g/mol. The summed E-state index contributed by atoms with van der Waals surface area (Å²) in [6.07, 6.45) is 3.42. The van der Waals surface area contributed by atoms with Crippen molar-refractivity contribution in [2.24, 2.45) is 0 Å². The number of aryl methyl sites for hydroxylation is 1. The molecule has 2 aromatic rings. The van der Waals surface area contributed by atoms with Crippen molar-refractivity contribution in [1.82, 2.24) is 0 Å². The van der Waals surface area contributed by atoms with Gasteiger partial charge in [0.2, 0.25) is 11.8 Å². The smallest absolute Gasteiger partial charge is 0.228 e. The molecule has 2 N–H and O–H groups in total. The second-order valence-electron chi connectivity index (χ2n) is 6.92. The molecule has 2 aliphatic rings. The largest absolute Gasteiger partial charge is 0.398 e. The first kappa shape index (κ1) is 19.2. The molecule has 0 saturated carbocycles. The molecule has 6 heteroatoms. The molecule has 0 bridgehead atoms. The fraction of sp³-hybridized carbons (Fsp3) is 0.333. The Morgan fingerprint density at radius 3 is 2.63 bits per heavy atom. The van der Waals surface area contributed by atoms with Crippen LogP contribution in [0.1, 0.15) is 30.4 Å². The molecule has 2 aliphatic heterocycles. The van der Waals surface area contributed by atoms with E-state index in [9.17, 15) is 9.59 Å². The Labute approximate surface area is 165 Å². The van der Waals surface area contributed by atoms with Gasteiger partial charge in [0.1, 0.15) is 0 Å². The molecule has 0 radical (unpaired) electrons. The van der Waals surface area contributed by atoms with Gasteiger partial charge in [-0.1, -0.05) is 24.3 Å². The lowest BCUT2D eigenvalue weighted by Gasteiger charge is -2.32. The number of carbonyl (C=O) groups excluding carboxylic acids is 2. The number of carbonyl (C=O) groups is 2. The highest BCUT2D eigenvalue weighted by molar-refractivity contribution is 5.99. The normalized spacial score (nSPS) is 15.6. The lowest BCUT2D eigenvalue weighted by molar-refractivity contribution is -0.119. The number of hydrogen-bond acceptors (Lipinski definition) is 3. The summed E-state index contributed by atoms with van der Waals surface area (Å²) in [5, 5.41) is 0. The third-order valence-electron chi connectivity index (χ3n) is 5.33.